The average molecular weight is 845 g/mol. The number of thiophene rings is 1. The van der Waals surface area contributed by atoms with Crippen molar-refractivity contribution in [1.82, 2.24) is 4.57 Å². The Bertz CT molecular complexity index is 3880. The van der Waals surface area contributed by atoms with Crippen LogP contribution in [0.4, 0.5) is 17.1 Å². The molecule has 0 saturated carbocycles. The van der Waals surface area contributed by atoms with Crippen LogP contribution in [0.2, 0.25) is 0 Å². The zero-order valence-electron chi connectivity index (χ0n) is 35.4. The highest BCUT2D eigenvalue weighted by molar-refractivity contribution is 7.26. The summed E-state index contributed by atoms with van der Waals surface area (Å²) in [4.78, 5) is 2.37. The Hall–Kier alpha value is -8.24. The van der Waals surface area contributed by atoms with Gasteiger partial charge in [-0.05, 0) is 116 Å². The summed E-state index contributed by atoms with van der Waals surface area (Å²) in [7, 11) is 0. The van der Waals surface area contributed by atoms with E-state index in [1.54, 1.807) is 0 Å². The number of aromatic nitrogens is 1. The van der Waals surface area contributed by atoms with Gasteiger partial charge < -0.3 is 9.47 Å². The summed E-state index contributed by atoms with van der Waals surface area (Å²) in [6.45, 7) is 0. The van der Waals surface area contributed by atoms with Crippen molar-refractivity contribution in [2.75, 3.05) is 4.90 Å². The number of benzene rings is 11. The average Bonchev–Trinajstić information content (AvgIpc) is 3.93. The van der Waals surface area contributed by atoms with Crippen molar-refractivity contribution in [1.29, 1.82) is 0 Å². The van der Waals surface area contributed by atoms with E-state index in [0.717, 1.165) is 28.3 Å². The van der Waals surface area contributed by atoms with Crippen LogP contribution in [0, 0.1) is 0 Å². The molecule has 0 fully saturated rings. The van der Waals surface area contributed by atoms with Gasteiger partial charge in [0.25, 0.3) is 0 Å². The summed E-state index contributed by atoms with van der Waals surface area (Å²) in [6, 6.07) is 88.9. The van der Waals surface area contributed by atoms with Crippen LogP contribution in [0.25, 0.3) is 103 Å². The lowest BCUT2D eigenvalue weighted by Crippen LogP contribution is -2.09. The first-order chi connectivity index (χ1) is 32.2. The van der Waals surface area contributed by atoms with Crippen LogP contribution in [0.15, 0.2) is 243 Å². The Morgan fingerprint density at radius 1 is 0.308 bits per heavy atom. The van der Waals surface area contributed by atoms with Crippen LogP contribution < -0.4 is 4.90 Å². The summed E-state index contributed by atoms with van der Waals surface area (Å²) in [5, 5.41) is 10.3. The Kier molecular flexibility index (Phi) is 8.75. The van der Waals surface area contributed by atoms with Crippen molar-refractivity contribution in [3.63, 3.8) is 0 Å². The van der Waals surface area contributed by atoms with Gasteiger partial charge in [0.1, 0.15) is 0 Å². The molecule has 2 aromatic heterocycles. The molecule has 2 heterocycles. The lowest BCUT2D eigenvalue weighted by atomic mass is 10.00. The van der Waals surface area contributed by atoms with Gasteiger partial charge in [0, 0.05) is 53.6 Å². The maximum absolute atomic E-state index is 2.42. The van der Waals surface area contributed by atoms with Crippen molar-refractivity contribution < 1.29 is 0 Å². The van der Waals surface area contributed by atoms with Crippen molar-refractivity contribution >= 4 is 91.9 Å². The SMILES string of the molecule is c1ccc(-n2c3ccccc3c3ccccc32)c(-c2ccc(N(c3ccc(-c4ccc5ccccc5c4)cc3)c3ccc(-c4ccc5c(c4)sc4c6ccccc6ccc54)cc3)cc2)c1. The van der Waals surface area contributed by atoms with Crippen LogP contribution in [0.5, 0.6) is 0 Å². The molecule has 13 aromatic rings. The Morgan fingerprint density at radius 2 is 0.785 bits per heavy atom. The Morgan fingerprint density at radius 3 is 1.46 bits per heavy atom. The van der Waals surface area contributed by atoms with Gasteiger partial charge in [-0.25, -0.2) is 0 Å². The van der Waals surface area contributed by atoms with Crippen molar-refractivity contribution in [3.05, 3.63) is 243 Å². The van der Waals surface area contributed by atoms with Crippen LogP contribution in [-0.2, 0) is 0 Å². The normalized spacial score (nSPS) is 11.7. The highest BCUT2D eigenvalue weighted by atomic mass is 32.1. The summed E-state index contributed by atoms with van der Waals surface area (Å²) < 4.78 is 5.08. The molecule has 0 aliphatic carbocycles. The molecule has 0 saturated heterocycles. The molecule has 3 heteroatoms. The quantitative estimate of drug-likeness (QED) is 0.155. The predicted octanol–water partition coefficient (Wildman–Crippen LogP) is 17.9. The summed E-state index contributed by atoms with van der Waals surface area (Å²) in [6.07, 6.45) is 0. The monoisotopic (exact) mass is 844 g/mol. The smallest absolute Gasteiger partial charge is 0.0541 e. The van der Waals surface area contributed by atoms with Crippen molar-refractivity contribution in [3.8, 4) is 39.1 Å². The molecule has 304 valence electrons. The third-order valence-electron chi connectivity index (χ3n) is 13.2. The van der Waals surface area contributed by atoms with Crippen molar-refractivity contribution in [2.24, 2.45) is 0 Å². The second-order valence-electron chi connectivity index (χ2n) is 16.9. The Labute approximate surface area is 381 Å². The fraction of sp³-hybridized carbons (Fsp3) is 0. The van der Waals surface area contributed by atoms with Gasteiger partial charge in [-0.1, -0.05) is 176 Å². The number of anilines is 3. The topological polar surface area (TPSA) is 8.17 Å². The van der Waals surface area contributed by atoms with Gasteiger partial charge in [0.2, 0.25) is 0 Å². The molecule has 0 aliphatic heterocycles. The van der Waals surface area contributed by atoms with Gasteiger partial charge in [0.15, 0.2) is 0 Å². The molecule has 0 atom stereocenters. The minimum Gasteiger partial charge on any atom is -0.311 e. The maximum Gasteiger partial charge on any atom is 0.0541 e. The van der Waals surface area contributed by atoms with Crippen LogP contribution >= 0.6 is 11.3 Å². The maximum atomic E-state index is 2.42. The first-order valence-electron chi connectivity index (χ1n) is 22.2. The molecule has 0 amide bonds. The van der Waals surface area contributed by atoms with Gasteiger partial charge in [-0.2, -0.15) is 0 Å². The van der Waals surface area contributed by atoms with Gasteiger partial charge in [-0.3, -0.25) is 0 Å². The fourth-order valence-electron chi connectivity index (χ4n) is 9.99. The number of hydrogen-bond acceptors (Lipinski definition) is 2. The van der Waals surface area contributed by atoms with E-state index < -0.39 is 0 Å². The van der Waals surface area contributed by atoms with E-state index in [2.05, 4.69) is 252 Å². The minimum atomic E-state index is 1.09. The molecule has 0 bridgehead atoms. The van der Waals surface area contributed by atoms with Crippen molar-refractivity contribution in [2.45, 2.75) is 0 Å². The molecule has 65 heavy (non-hydrogen) atoms. The van der Waals surface area contributed by atoms with Gasteiger partial charge in [0.05, 0.1) is 16.7 Å². The zero-order valence-corrected chi connectivity index (χ0v) is 36.2. The van der Waals surface area contributed by atoms with E-state index >= 15 is 0 Å². The highest BCUT2D eigenvalue weighted by Crippen LogP contribution is 2.43. The van der Waals surface area contributed by atoms with E-state index in [0.29, 0.717) is 0 Å². The largest absolute Gasteiger partial charge is 0.311 e. The Balaban J connectivity index is 0.889. The van der Waals surface area contributed by atoms with E-state index in [1.807, 2.05) is 11.3 Å². The van der Waals surface area contributed by atoms with Gasteiger partial charge in [-0.15, -0.1) is 11.3 Å². The third kappa shape index (κ3) is 6.31. The molecule has 0 N–H and O–H groups in total. The zero-order chi connectivity index (χ0) is 42.8. The van der Waals surface area contributed by atoms with E-state index in [4.69, 9.17) is 0 Å². The lowest BCUT2D eigenvalue weighted by molar-refractivity contribution is 1.18. The second-order valence-corrected chi connectivity index (χ2v) is 18.0. The molecular weight excluding hydrogens is 805 g/mol. The molecule has 13 rings (SSSR count). The molecule has 0 aliphatic rings. The predicted molar refractivity (Wildman–Crippen MR) is 280 cm³/mol. The number of fused-ring (bicyclic) bond motifs is 9. The first-order valence-corrected chi connectivity index (χ1v) is 23.1. The highest BCUT2D eigenvalue weighted by Gasteiger charge is 2.18. The molecule has 0 spiro atoms. The van der Waals surface area contributed by atoms with Crippen LogP contribution in [0.3, 0.4) is 0 Å². The minimum absolute atomic E-state index is 1.09. The molecule has 0 unspecified atom stereocenters. The summed E-state index contributed by atoms with van der Waals surface area (Å²) in [5.41, 5.74) is 14.0. The fourth-order valence-corrected chi connectivity index (χ4v) is 11.3. The lowest BCUT2D eigenvalue weighted by Gasteiger charge is -2.26. The first kappa shape index (κ1) is 37.3. The third-order valence-corrected chi connectivity index (χ3v) is 14.4. The second kappa shape index (κ2) is 15.2. The number of rotatable bonds is 7. The van der Waals surface area contributed by atoms with Crippen LogP contribution in [0.1, 0.15) is 0 Å². The number of para-hydroxylation sites is 3. The molecule has 2 nitrogen and oxygen atoms in total. The number of nitrogens with zero attached hydrogens (tertiary/aromatic N) is 2. The number of hydrogen-bond donors (Lipinski definition) is 0. The van der Waals surface area contributed by atoms with E-state index in [1.165, 1.54) is 91.3 Å². The summed E-state index contributed by atoms with van der Waals surface area (Å²) >= 11 is 1.89. The molecule has 0 radical (unpaired) electrons. The van der Waals surface area contributed by atoms with E-state index in [9.17, 15) is 0 Å². The molecule has 11 aromatic carbocycles. The molecular formula is C62H40N2S. The standard InChI is InChI=1S/C62H40N2S/c1-2-13-46-39-47(22-21-41(46)11-1)42-23-31-49(32-24-42)63(50-33-25-43(26-34-50)48-30-37-56-57-38-29-44-12-3-4-15-53(44)62(57)65-61(56)40-48)51-35-27-45(28-36-51)52-14-5-8-18-58(52)64-59-19-9-6-16-54(59)55-17-7-10-20-60(55)64/h1-40H. The van der Waals surface area contributed by atoms with E-state index in [-0.39, 0.29) is 0 Å². The van der Waals surface area contributed by atoms with Gasteiger partial charge >= 0.3 is 0 Å². The summed E-state index contributed by atoms with van der Waals surface area (Å²) in [5.74, 6) is 0. The van der Waals surface area contributed by atoms with Crippen LogP contribution in [-0.4, -0.2) is 4.57 Å².